The van der Waals surface area contributed by atoms with Crippen LogP contribution in [0.5, 0.6) is 5.75 Å². The van der Waals surface area contributed by atoms with E-state index in [-0.39, 0.29) is 24.4 Å². The Hall–Kier alpha value is -2.53. The number of aryl methyl sites for hydroxylation is 1. The number of rotatable bonds is 5. The zero-order valence-electron chi connectivity index (χ0n) is 20.4. The van der Waals surface area contributed by atoms with E-state index >= 15 is 0 Å². The Morgan fingerprint density at radius 1 is 1.33 bits per heavy atom. The first-order chi connectivity index (χ1) is 15.9. The van der Waals surface area contributed by atoms with E-state index in [4.69, 9.17) is 4.74 Å². The third-order valence-corrected chi connectivity index (χ3v) is 4.44. The van der Waals surface area contributed by atoms with Crippen LogP contribution in [-0.2, 0) is 20.7 Å². The maximum Gasteiger partial charge on any atom is 0.302 e. The summed E-state index contributed by atoms with van der Waals surface area (Å²) in [6.45, 7) is 10.2. The van der Waals surface area contributed by atoms with Crippen molar-refractivity contribution in [2.24, 2.45) is 4.99 Å². The molecule has 0 aliphatic carbocycles. The predicted octanol–water partition coefficient (Wildman–Crippen LogP) is 3.94. The number of carbonyl (C=O) groups is 2. The minimum Gasteiger partial charge on any atom is -0.493 e. The molecule has 0 fully saturated rings. The molecule has 1 aromatic heterocycles. The molecule has 1 amide bonds. The molecule has 9 nitrogen and oxygen atoms in total. The first kappa shape index (κ1) is 30.5. The highest BCUT2D eigenvalue weighted by Gasteiger charge is 2.14. The van der Waals surface area contributed by atoms with E-state index in [2.05, 4.69) is 48.9 Å². The highest BCUT2D eigenvalue weighted by molar-refractivity contribution is 8.13. The largest absolute Gasteiger partial charge is 0.493 e. The van der Waals surface area contributed by atoms with E-state index in [1.807, 2.05) is 32.2 Å². The highest BCUT2D eigenvalue weighted by atomic mass is 32.2. The number of ether oxygens (including phenoxy) is 2. The van der Waals surface area contributed by atoms with Crippen LogP contribution < -0.4 is 10.1 Å². The topological polar surface area (TPSA) is 119 Å². The molecule has 1 aromatic carbocycles. The Morgan fingerprint density at radius 3 is 2.55 bits per heavy atom. The van der Waals surface area contributed by atoms with Crippen molar-refractivity contribution < 1.29 is 19.1 Å². The Kier molecular flexibility index (Phi) is 16.6. The molecule has 0 radical (unpaired) electrons. The third kappa shape index (κ3) is 11.8. The lowest BCUT2D eigenvalue weighted by Gasteiger charge is -2.06. The molecule has 0 unspecified atom stereocenters. The number of aromatic nitrogens is 3. The minimum atomic E-state index is -0.250. The van der Waals surface area contributed by atoms with Gasteiger partial charge < -0.3 is 9.47 Å². The second-order valence-electron chi connectivity index (χ2n) is 5.96. The van der Waals surface area contributed by atoms with Crippen molar-refractivity contribution in [3.05, 3.63) is 35.2 Å². The van der Waals surface area contributed by atoms with Gasteiger partial charge in [0.25, 0.3) is 0 Å². The molecule has 2 aromatic rings. The van der Waals surface area contributed by atoms with Gasteiger partial charge in [0, 0.05) is 18.9 Å². The molecular weight excluding hydrogens is 462 g/mol. The van der Waals surface area contributed by atoms with Gasteiger partial charge in [-0.05, 0) is 50.1 Å². The standard InChI is InChI=1S/C15H17N5O2S.C4H8O2.C2H6.CH4S/c1-9-17-15(20-19-9)18-13(21)8-16-14(23-2)11-3-4-12-10(7-11)5-6-22-12;1-3-6-4(2)5;2*1-2/h3-4,7H,5-6,8H2,1-2H3,(H2,17,18,19,20,21);3H2,1-2H3;1-2H3;2H,1H3. The van der Waals surface area contributed by atoms with Gasteiger partial charge in [-0.1, -0.05) is 13.8 Å². The number of thiol groups is 1. The number of thioether (sulfide) groups is 1. The number of esters is 1. The Morgan fingerprint density at radius 2 is 2.03 bits per heavy atom. The Balaban J connectivity index is 0.000000880. The fourth-order valence-electron chi connectivity index (χ4n) is 2.50. The van der Waals surface area contributed by atoms with Crippen molar-refractivity contribution in [2.45, 2.75) is 41.0 Å². The summed E-state index contributed by atoms with van der Waals surface area (Å²) < 4.78 is 9.91. The lowest BCUT2D eigenvalue weighted by atomic mass is 10.1. The summed E-state index contributed by atoms with van der Waals surface area (Å²) in [7, 11) is 0. The van der Waals surface area contributed by atoms with Crippen LogP contribution in [0.4, 0.5) is 5.95 Å². The van der Waals surface area contributed by atoms with E-state index in [1.54, 1.807) is 20.1 Å². The molecule has 0 atom stereocenters. The second kappa shape index (κ2) is 18.0. The van der Waals surface area contributed by atoms with Gasteiger partial charge in [-0.15, -0.1) is 16.9 Å². The van der Waals surface area contributed by atoms with E-state index in [0.29, 0.717) is 12.4 Å². The van der Waals surface area contributed by atoms with Crippen LogP contribution >= 0.6 is 24.4 Å². The normalized spacial score (nSPS) is 11.2. The van der Waals surface area contributed by atoms with Gasteiger partial charge in [0.2, 0.25) is 11.9 Å². The average molecular weight is 498 g/mol. The van der Waals surface area contributed by atoms with Gasteiger partial charge in [-0.2, -0.15) is 17.6 Å². The highest BCUT2D eigenvalue weighted by Crippen LogP contribution is 2.27. The summed E-state index contributed by atoms with van der Waals surface area (Å²) >= 11 is 5.04. The molecule has 1 aliphatic rings. The number of H-pyrrole nitrogens is 1. The summed E-state index contributed by atoms with van der Waals surface area (Å²) in [6, 6.07) is 6.00. The molecule has 3 rings (SSSR count). The molecule has 11 heteroatoms. The third-order valence-electron chi connectivity index (χ3n) is 3.69. The molecule has 33 heavy (non-hydrogen) atoms. The summed E-state index contributed by atoms with van der Waals surface area (Å²) in [5.41, 5.74) is 2.19. The number of carbonyl (C=O) groups excluding carboxylic acids is 2. The smallest absolute Gasteiger partial charge is 0.302 e. The molecule has 2 N–H and O–H groups in total. The second-order valence-corrected chi connectivity index (χ2v) is 6.76. The van der Waals surface area contributed by atoms with Crippen LogP contribution in [0.2, 0.25) is 0 Å². The number of anilines is 1. The van der Waals surface area contributed by atoms with Crippen LogP contribution in [0.25, 0.3) is 0 Å². The minimum absolute atomic E-state index is 0.0251. The van der Waals surface area contributed by atoms with E-state index in [0.717, 1.165) is 29.4 Å². The van der Waals surface area contributed by atoms with E-state index in [1.165, 1.54) is 24.2 Å². The number of benzene rings is 1. The zero-order chi connectivity index (χ0) is 25.2. The first-order valence-electron chi connectivity index (χ1n) is 10.5. The van der Waals surface area contributed by atoms with Crippen LogP contribution in [-0.4, -0.2) is 64.4 Å². The van der Waals surface area contributed by atoms with Gasteiger partial charge >= 0.3 is 5.97 Å². The van der Waals surface area contributed by atoms with Crippen LogP contribution in [0, 0.1) is 6.92 Å². The van der Waals surface area contributed by atoms with Gasteiger partial charge in [0.1, 0.15) is 18.1 Å². The average Bonchev–Trinajstić information content (AvgIpc) is 3.45. The quantitative estimate of drug-likeness (QED) is 0.248. The number of amides is 1. The maximum absolute atomic E-state index is 11.9. The molecule has 184 valence electrons. The van der Waals surface area contributed by atoms with E-state index < -0.39 is 0 Å². The van der Waals surface area contributed by atoms with Crippen LogP contribution in [0.1, 0.15) is 44.6 Å². The number of nitrogens with one attached hydrogen (secondary N) is 2. The van der Waals surface area contributed by atoms with E-state index in [9.17, 15) is 9.59 Å². The van der Waals surface area contributed by atoms with Crippen molar-refractivity contribution in [2.75, 3.05) is 37.6 Å². The number of hydrogen-bond acceptors (Lipinski definition) is 9. The molecule has 0 saturated carbocycles. The van der Waals surface area contributed by atoms with Gasteiger partial charge in [-0.25, -0.2) is 0 Å². The number of aliphatic imine (C=N–C) groups is 1. The van der Waals surface area contributed by atoms with Crippen molar-refractivity contribution in [1.82, 2.24) is 15.2 Å². The zero-order valence-corrected chi connectivity index (χ0v) is 22.1. The lowest BCUT2D eigenvalue weighted by molar-refractivity contribution is -0.140. The summed E-state index contributed by atoms with van der Waals surface area (Å²) in [5, 5.41) is 9.96. The molecule has 0 spiro atoms. The van der Waals surface area contributed by atoms with Crippen molar-refractivity contribution >= 4 is 47.3 Å². The lowest BCUT2D eigenvalue weighted by Crippen LogP contribution is -2.16. The van der Waals surface area contributed by atoms with Crippen molar-refractivity contribution in [3.8, 4) is 5.75 Å². The summed E-state index contributed by atoms with van der Waals surface area (Å²) in [4.78, 5) is 30.2. The maximum atomic E-state index is 11.9. The molecule has 2 heterocycles. The summed E-state index contributed by atoms with van der Waals surface area (Å²) in [6.07, 6.45) is 4.55. The first-order valence-corrected chi connectivity index (χ1v) is 12.7. The monoisotopic (exact) mass is 497 g/mol. The number of fused-ring (bicyclic) bond motifs is 1. The van der Waals surface area contributed by atoms with Crippen molar-refractivity contribution in [1.29, 1.82) is 0 Å². The molecule has 1 aliphatic heterocycles. The summed E-state index contributed by atoms with van der Waals surface area (Å²) in [5.74, 6) is 1.39. The fourth-order valence-corrected chi connectivity index (χ4v) is 3.06. The molecule has 0 saturated heterocycles. The number of hydrogen-bond donors (Lipinski definition) is 3. The SMILES string of the molecule is CC.CCOC(C)=O.CS.CSC(=NCC(=O)Nc1n[nH]c(C)n1)c1ccc2c(c1)CCO2. The molecule has 0 bridgehead atoms. The van der Waals surface area contributed by atoms with Crippen molar-refractivity contribution in [3.63, 3.8) is 0 Å². The van der Waals surface area contributed by atoms with Crippen LogP contribution in [0.3, 0.4) is 0 Å². The predicted molar refractivity (Wildman–Crippen MR) is 139 cm³/mol. The van der Waals surface area contributed by atoms with Gasteiger partial charge in [-0.3, -0.25) is 25.0 Å². The molecular formula is C22H35N5O4S2. The Labute approximate surface area is 205 Å². The Bertz CT molecular complexity index is 887. The van der Waals surface area contributed by atoms with Crippen LogP contribution in [0.15, 0.2) is 23.2 Å². The number of nitrogens with zero attached hydrogens (tertiary/aromatic N) is 3. The van der Waals surface area contributed by atoms with Gasteiger partial charge in [0.15, 0.2) is 0 Å². The van der Waals surface area contributed by atoms with Gasteiger partial charge in [0.05, 0.1) is 18.3 Å². The fraction of sp³-hybridized carbons (Fsp3) is 0.500. The number of aromatic amines is 1.